The molecule has 1 unspecified atom stereocenters. The lowest BCUT2D eigenvalue weighted by atomic mass is 9.44. The molecule has 6 aliphatic rings. The summed E-state index contributed by atoms with van der Waals surface area (Å²) in [7, 11) is 0. The van der Waals surface area contributed by atoms with Crippen LogP contribution in [0.15, 0.2) is 71.9 Å². The number of halogens is 2. The Balaban J connectivity index is 1.17. The molecule has 7 rings (SSSR count). The number of Topliss-reactive ketones (excluding diaryl/α,β-unsaturated/α-hetero) is 1. The highest BCUT2D eigenvalue weighted by Crippen LogP contribution is 2.72. The number of allylic oxidation sites excluding steroid dienone is 7. The van der Waals surface area contributed by atoms with E-state index in [0.29, 0.717) is 12.1 Å². The Kier molecular flexibility index (Phi) is 6.76. The van der Waals surface area contributed by atoms with Crippen molar-refractivity contribution in [1.29, 1.82) is 0 Å². The van der Waals surface area contributed by atoms with Gasteiger partial charge in [-0.1, -0.05) is 43.4 Å². The molecular formula is C35H39F2NO6. The first kappa shape index (κ1) is 29.7. The van der Waals surface area contributed by atoms with Crippen molar-refractivity contribution in [3.63, 3.8) is 0 Å². The van der Waals surface area contributed by atoms with Crippen LogP contribution in [0.4, 0.5) is 14.5 Å². The van der Waals surface area contributed by atoms with Crippen LogP contribution in [-0.4, -0.2) is 64.3 Å². The molecule has 7 nitrogen and oxygen atoms in total. The van der Waals surface area contributed by atoms with Gasteiger partial charge in [0.15, 0.2) is 29.1 Å². The molecule has 0 aromatic heterocycles. The van der Waals surface area contributed by atoms with E-state index in [-0.39, 0.29) is 30.8 Å². The first-order valence-corrected chi connectivity index (χ1v) is 15.5. The van der Waals surface area contributed by atoms with Crippen molar-refractivity contribution < 1.29 is 38.1 Å². The molecular weight excluding hydrogens is 568 g/mol. The van der Waals surface area contributed by atoms with Crippen LogP contribution in [-0.2, 0) is 25.5 Å². The number of fused-ring (bicyclic) bond motifs is 7. The predicted molar refractivity (Wildman–Crippen MR) is 158 cm³/mol. The van der Waals surface area contributed by atoms with Crippen molar-refractivity contribution in [3.8, 4) is 0 Å². The van der Waals surface area contributed by atoms with E-state index in [9.17, 15) is 19.8 Å². The Hall–Kier alpha value is -2.98. The third kappa shape index (κ3) is 3.85. The normalized spacial score (nSPS) is 45.6. The van der Waals surface area contributed by atoms with Crippen LogP contribution >= 0.6 is 0 Å². The van der Waals surface area contributed by atoms with Gasteiger partial charge in [0.05, 0.1) is 12.2 Å². The zero-order valence-electron chi connectivity index (χ0n) is 24.9. The zero-order valence-corrected chi connectivity index (χ0v) is 24.9. The van der Waals surface area contributed by atoms with Gasteiger partial charge in [-0.3, -0.25) is 9.59 Å². The van der Waals surface area contributed by atoms with E-state index in [0.717, 1.165) is 23.6 Å². The second-order valence-electron chi connectivity index (χ2n) is 14.0. The van der Waals surface area contributed by atoms with E-state index < -0.39 is 76.8 Å². The molecule has 9 heteroatoms. The maximum Gasteiger partial charge on any atom is 0.193 e. The lowest BCUT2D eigenvalue weighted by Gasteiger charge is -2.63. The number of rotatable bonds is 5. The van der Waals surface area contributed by atoms with Crippen molar-refractivity contribution in [2.45, 2.75) is 81.9 Å². The van der Waals surface area contributed by atoms with Crippen LogP contribution in [0.5, 0.6) is 0 Å². The minimum atomic E-state index is -2.28. The van der Waals surface area contributed by atoms with Crippen molar-refractivity contribution in [2.75, 3.05) is 12.3 Å². The van der Waals surface area contributed by atoms with E-state index >= 15 is 8.78 Å². The topological polar surface area (TPSA) is 119 Å². The molecule has 11 atom stereocenters. The molecule has 5 aliphatic carbocycles. The number of ketones is 2. The Morgan fingerprint density at radius 3 is 2.57 bits per heavy atom. The van der Waals surface area contributed by atoms with Crippen LogP contribution in [0.25, 0.3) is 0 Å². The van der Waals surface area contributed by atoms with Crippen LogP contribution in [0.1, 0.15) is 45.1 Å². The fourth-order valence-corrected chi connectivity index (χ4v) is 9.67. The number of hydrogen-bond acceptors (Lipinski definition) is 7. The summed E-state index contributed by atoms with van der Waals surface area (Å²) in [4.78, 5) is 25.8. The molecule has 1 saturated heterocycles. The van der Waals surface area contributed by atoms with Gasteiger partial charge in [-0.15, -0.1) is 0 Å². The predicted octanol–water partition coefficient (Wildman–Crippen LogP) is 4.28. The molecule has 44 heavy (non-hydrogen) atoms. The molecule has 3 saturated carbocycles. The number of anilines is 1. The van der Waals surface area contributed by atoms with Crippen molar-refractivity contribution in [2.24, 2.45) is 28.6 Å². The molecule has 1 aliphatic heterocycles. The van der Waals surface area contributed by atoms with Crippen LogP contribution in [0, 0.1) is 28.6 Å². The summed E-state index contributed by atoms with van der Waals surface area (Å²) in [5.41, 5.74) is 2.27. The number of alkyl halides is 2. The maximum absolute atomic E-state index is 17.5. The molecule has 0 spiro atoms. The van der Waals surface area contributed by atoms with Crippen molar-refractivity contribution in [1.82, 2.24) is 0 Å². The number of benzene rings is 1. The third-order valence-corrected chi connectivity index (χ3v) is 11.9. The number of ether oxygens (including phenoxy) is 2. The average Bonchev–Trinajstić information content (AvgIpc) is 3.50. The number of aliphatic hydroxyl groups excluding tert-OH is 2. The van der Waals surface area contributed by atoms with E-state index in [2.05, 4.69) is 6.08 Å². The second-order valence-corrected chi connectivity index (χ2v) is 14.0. The lowest BCUT2D eigenvalue weighted by Crippen LogP contribution is -2.71. The van der Waals surface area contributed by atoms with Gasteiger partial charge in [0.25, 0.3) is 0 Å². The quantitative estimate of drug-likeness (QED) is 0.428. The Morgan fingerprint density at radius 1 is 1.14 bits per heavy atom. The first-order valence-electron chi connectivity index (χ1n) is 15.5. The Morgan fingerprint density at radius 2 is 1.89 bits per heavy atom. The van der Waals surface area contributed by atoms with Gasteiger partial charge in [-0.25, -0.2) is 8.78 Å². The molecule has 1 aromatic rings. The lowest BCUT2D eigenvalue weighted by molar-refractivity contribution is -0.237. The maximum atomic E-state index is 17.5. The largest absolute Gasteiger partial charge is 0.399 e. The summed E-state index contributed by atoms with van der Waals surface area (Å²) in [6.07, 6.45) is 6.41. The van der Waals surface area contributed by atoms with Gasteiger partial charge in [-0.05, 0) is 85.9 Å². The zero-order chi connectivity index (χ0) is 31.2. The average molecular weight is 608 g/mol. The second kappa shape index (κ2) is 10.0. The van der Waals surface area contributed by atoms with E-state index in [1.54, 1.807) is 13.8 Å². The molecule has 1 aromatic carbocycles. The monoisotopic (exact) mass is 607 g/mol. The smallest absolute Gasteiger partial charge is 0.193 e. The van der Waals surface area contributed by atoms with Crippen LogP contribution in [0.2, 0.25) is 0 Å². The summed E-state index contributed by atoms with van der Waals surface area (Å²) >= 11 is 0. The van der Waals surface area contributed by atoms with Crippen molar-refractivity contribution >= 4 is 17.3 Å². The molecule has 4 fully saturated rings. The number of hydrogen-bond donors (Lipinski definition) is 3. The minimum absolute atomic E-state index is 0.0474. The summed E-state index contributed by atoms with van der Waals surface area (Å²) in [6.45, 7) is 2.54. The van der Waals surface area contributed by atoms with E-state index in [4.69, 9.17) is 15.2 Å². The highest BCUT2D eigenvalue weighted by atomic mass is 19.1. The number of carbonyl (C=O) groups excluding carboxylic acids is 2. The van der Waals surface area contributed by atoms with Gasteiger partial charge in [0.1, 0.15) is 12.8 Å². The van der Waals surface area contributed by atoms with Crippen molar-refractivity contribution in [3.05, 3.63) is 77.4 Å². The molecule has 0 bridgehead atoms. The molecule has 234 valence electrons. The SMILES string of the molecule is C[C@]12C=CC(=O)C=C1[C@@H](F)C[C@H]1[C@@H]3C[C@H]4O[C@H](C5C=CC(Cc6ccc(N)cc6)=CC5)O[C@@]4(C(=O)CO)[C@@]3(C)C[C@H](O)[C@@]12F. The first-order chi connectivity index (χ1) is 20.9. The van der Waals surface area contributed by atoms with Gasteiger partial charge < -0.3 is 25.4 Å². The summed E-state index contributed by atoms with van der Waals surface area (Å²) in [6, 6.07) is 7.72. The third-order valence-electron chi connectivity index (χ3n) is 11.9. The highest BCUT2D eigenvalue weighted by Gasteiger charge is 2.80. The Labute approximate surface area is 255 Å². The van der Waals surface area contributed by atoms with E-state index in [1.807, 2.05) is 36.4 Å². The fourth-order valence-electron chi connectivity index (χ4n) is 9.67. The number of aliphatic hydroxyl groups is 2. The summed E-state index contributed by atoms with van der Waals surface area (Å²) in [5.74, 6) is -2.73. The molecule has 4 N–H and O–H groups in total. The molecule has 0 radical (unpaired) electrons. The number of nitrogen functional groups attached to an aromatic ring is 1. The van der Waals surface area contributed by atoms with Crippen LogP contribution < -0.4 is 5.73 Å². The highest BCUT2D eigenvalue weighted by molar-refractivity contribution is 6.01. The molecule has 0 amide bonds. The fraction of sp³-hybridized carbons (Fsp3) is 0.543. The summed E-state index contributed by atoms with van der Waals surface area (Å²) in [5, 5.41) is 21.8. The van der Waals surface area contributed by atoms with Gasteiger partial charge in [0.2, 0.25) is 0 Å². The van der Waals surface area contributed by atoms with Crippen LogP contribution in [0.3, 0.4) is 0 Å². The van der Waals surface area contributed by atoms with Gasteiger partial charge in [-0.2, -0.15) is 0 Å². The van der Waals surface area contributed by atoms with E-state index in [1.165, 1.54) is 12.2 Å². The Bertz CT molecular complexity index is 1520. The van der Waals surface area contributed by atoms with Gasteiger partial charge in [0, 0.05) is 28.4 Å². The number of carbonyl (C=O) groups is 2. The minimum Gasteiger partial charge on any atom is -0.399 e. The molecule has 1 heterocycles. The standard InChI is InChI=1S/C35H39F2NO6/c1-32-12-11-23(40)14-26(32)27(36)15-25-24-16-30-35(29(42)18-39,33(24,2)17-28(41)34(25,32)37)44-31(43-30)21-7-3-19(4-8-21)13-20-5-9-22(38)10-6-20/h3-7,9-12,14,21,24-25,27-28,30-31,39,41H,8,13,15-18,38H2,1-2H3/t21?,24-,25-,27-,28-,30+,31-,32-,33-,34-,35+/m0/s1. The summed E-state index contributed by atoms with van der Waals surface area (Å²) < 4.78 is 46.4. The van der Waals surface area contributed by atoms with Gasteiger partial charge >= 0.3 is 0 Å². The number of nitrogens with two attached hydrogens (primary N) is 1.